The number of alkyl halides is 1. The lowest BCUT2D eigenvalue weighted by atomic mass is 9.70. The van der Waals surface area contributed by atoms with Crippen LogP contribution in [-0.4, -0.2) is 95.6 Å². The summed E-state index contributed by atoms with van der Waals surface area (Å²) in [5.74, 6) is -3.72. The van der Waals surface area contributed by atoms with Gasteiger partial charge < -0.3 is 34.6 Å². The average Bonchev–Trinajstić information content (AvgIpc) is 3.72. The second-order valence-electron chi connectivity index (χ2n) is 12.8. The summed E-state index contributed by atoms with van der Waals surface area (Å²) < 4.78 is 12.8. The Kier molecular flexibility index (Phi) is 12.2. The van der Waals surface area contributed by atoms with Crippen molar-refractivity contribution >= 4 is 51.0 Å². The Bertz CT molecular complexity index is 1550. The van der Waals surface area contributed by atoms with E-state index in [0.29, 0.717) is 24.1 Å². The number of anilines is 2. The Labute approximate surface area is 302 Å². The van der Waals surface area contributed by atoms with Gasteiger partial charge in [-0.2, -0.15) is 0 Å². The van der Waals surface area contributed by atoms with Gasteiger partial charge in [-0.05, 0) is 56.5 Å². The molecule has 12 heteroatoms. The van der Waals surface area contributed by atoms with Crippen LogP contribution in [0.5, 0.6) is 0 Å². The van der Waals surface area contributed by atoms with Crippen LogP contribution in [0.2, 0.25) is 0 Å². The van der Waals surface area contributed by atoms with Gasteiger partial charge >= 0.3 is 5.97 Å². The molecule has 50 heavy (non-hydrogen) atoms. The van der Waals surface area contributed by atoms with Gasteiger partial charge in [-0.15, -0.1) is 13.2 Å². The van der Waals surface area contributed by atoms with E-state index >= 15 is 0 Å². The Morgan fingerprint density at radius 2 is 1.78 bits per heavy atom. The maximum absolute atomic E-state index is 14.7. The van der Waals surface area contributed by atoms with Crippen LogP contribution in [0.3, 0.4) is 0 Å². The second kappa shape index (κ2) is 16.3. The van der Waals surface area contributed by atoms with Crippen LogP contribution in [0.25, 0.3) is 0 Å². The van der Waals surface area contributed by atoms with Crippen molar-refractivity contribution in [3.63, 3.8) is 0 Å². The topological polar surface area (TPSA) is 129 Å². The highest BCUT2D eigenvalue weighted by molar-refractivity contribution is 9.09. The summed E-state index contributed by atoms with van der Waals surface area (Å²) in [5, 5.41) is 12.9. The number of rotatable bonds is 17. The van der Waals surface area contributed by atoms with E-state index in [-0.39, 0.29) is 49.3 Å². The largest absolute Gasteiger partial charge is 0.455 e. The van der Waals surface area contributed by atoms with Crippen LogP contribution < -0.4 is 15.1 Å². The van der Waals surface area contributed by atoms with Gasteiger partial charge in [0.15, 0.2) is 0 Å². The van der Waals surface area contributed by atoms with E-state index in [2.05, 4.69) is 53.2 Å². The molecule has 0 radical (unpaired) electrons. The van der Waals surface area contributed by atoms with Gasteiger partial charge in [0.05, 0.1) is 31.1 Å². The second-order valence-corrected chi connectivity index (χ2v) is 14.0. The number of carbonyl (C=O) groups excluding carboxylic acids is 4. The molecule has 2 aromatic carbocycles. The summed E-state index contributed by atoms with van der Waals surface area (Å²) in [7, 11) is 0. The van der Waals surface area contributed by atoms with Crippen LogP contribution in [0, 0.1) is 11.8 Å². The zero-order chi connectivity index (χ0) is 36.0. The molecule has 3 amide bonds. The molecule has 3 heterocycles. The normalized spacial score (nSPS) is 25.5. The molecule has 3 fully saturated rings. The molecular formula is C38H47BrN4O7. The first-order valence-corrected chi connectivity index (χ1v) is 18.2. The van der Waals surface area contributed by atoms with Crippen molar-refractivity contribution < 1.29 is 33.8 Å². The van der Waals surface area contributed by atoms with Crippen molar-refractivity contribution in [3.8, 4) is 0 Å². The number of esters is 1. The Morgan fingerprint density at radius 1 is 1.10 bits per heavy atom. The van der Waals surface area contributed by atoms with E-state index in [9.17, 15) is 24.3 Å². The van der Waals surface area contributed by atoms with Gasteiger partial charge in [0.1, 0.15) is 17.7 Å². The minimum absolute atomic E-state index is 0.0345. The van der Waals surface area contributed by atoms with Gasteiger partial charge in [-0.3, -0.25) is 19.2 Å². The summed E-state index contributed by atoms with van der Waals surface area (Å²) in [5.41, 5.74) is 0.988. The third kappa shape index (κ3) is 7.11. The van der Waals surface area contributed by atoms with Crippen molar-refractivity contribution in [3.05, 3.63) is 85.5 Å². The number of nitrogens with one attached hydrogen (secondary N) is 1. The first kappa shape index (κ1) is 37.3. The molecule has 11 nitrogen and oxygen atoms in total. The monoisotopic (exact) mass is 750 g/mol. The van der Waals surface area contributed by atoms with Gasteiger partial charge in [0, 0.05) is 48.8 Å². The third-order valence-electron chi connectivity index (χ3n) is 9.99. The zero-order valence-electron chi connectivity index (χ0n) is 28.7. The number of β-amino-alcohol motifs (C(OH)–C–C–N with tert-alkyl or cyclic N) is 1. The van der Waals surface area contributed by atoms with E-state index in [1.165, 1.54) is 4.90 Å². The number of nitrogens with zero attached hydrogens (tertiary/aromatic N) is 3. The molecule has 1 spiro atoms. The van der Waals surface area contributed by atoms with E-state index in [1.54, 1.807) is 29.2 Å². The number of amides is 3. The van der Waals surface area contributed by atoms with Gasteiger partial charge in [0.25, 0.3) is 5.91 Å². The highest BCUT2D eigenvalue weighted by Gasteiger charge is 2.77. The number of ether oxygens (including phenoxy) is 2. The molecule has 0 aromatic heterocycles. The number of halogens is 1. The highest BCUT2D eigenvalue weighted by atomic mass is 79.9. The molecule has 1 unspecified atom stereocenters. The lowest BCUT2D eigenvalue weighted by molar-refractivity contribution is -0.160. The minimum Gasteiger partial charge on any atom is -0.455 e. The molecule has 3 aliphatic heterocycles. The molecule has 3 saturated heterocycles. The Morgan fingerprint density at radius 3 is 2.40 bits per heavy atom. The number of hydrogen-bond donors (Lipinski definition) is 2. The summed E-state index contributed by atoms with van der Waals surface area (Å²) in [6.45, 7) is 13.1. The molecule has 0 saturated carbocycles. The zero-order valence-corrected chi connectivity index (χ0v) is 30.3. The van der Waals surface area contributed by atoms with Crippen LogP contribution in [0.15, 0.2) is 79.9 Å². The summed E-state index contributed by atoms with van der Waals surface area (Å²) >= 11 is 3.70. The van der Waals surface area contributed by atoms with Crippen molar-refractivity contribution in [1.29, 1.82) is 0 Å². The molecule has 2 bridgehead atoms. The number of allylic oxidation sites excluding steroid dienone is 1. The van der Waals surface area contributed by atoms with E-state index in [1.807, 2.05) is 42.5 Å². The quantitative estimate of drug-likeness (QED) is 0.140. The maximum atomic E-state index is 14.7. The van der Waals surface area contributed by atoms with Gasteiger partial charge in [-0.1, -0.05) is 58.4 Å². The number of hydrogen-bond acceptors (Lipinski definition) is 8. The molecule has 3 aliphatic rings. The Hall–Kier alpha value is -4.00. The molecule has 2 N–H and O–H groups in total. The van der Waals surface area contributed by atoms with Crippen molar-refractivity contribution in [1.82, 2.24) is 10.2 Å². The minimum atomic E-state index is -1.34. The summed E-state index contributed by atoms with van der Waals surface area (Å²) in [4.78, 5) is 60.5. The predicted octanol–water partition coefficient (Wildman–Crippen LogP) is 4.16. The molecular weight excluding hydrogens is 704 g/mol. The molecule has 7 atom stereocenters. The van der Waals surface area contributed by atoms with Crippen LogP contribution >= 0.6 is 15.9 Å². The third-order valence-corrected chi connectivity index (χ3v) is 10.8. The first-order chi connectivity index (χ1) is 24.1. The van der Waals surface area contributed by atoms with Gasteiger partial charge in [0.2, 0.25) is 11.8 Å². The number of aliphatic hydroxyl groups excluding tert-OH is 1. The molecule has 2 aromatic rings. The number of likely N-dealkylation sites (tertiary alicyclic amines) is 1. The van der Waals surface area contributed by atoms with Crippen LogP contribution in [0.1, 0.15) is 44.8 Å². The molecule has 5 rings (SSSR count). The maximum Gasteiger partial charge on any atom is 0.313 e. The molecule has 268 valence electrons. The average molecular weight is 752 g/mol. The number of fused-ring (bicyclic) bond motifs is 1. The predicted molar refractivity (Wildman–Crippen MR) is 195 cm³/mol. The SMILES string of the molecule is C=CCCC(=O)NC[C@@H](OC(=O)[C@@H]1[C@H]2O[C@@]3(CC2Br)[C@H](C(=O)N(CC=C)c2ccc(N(CC)CC)cc2)N(CCO)C(=O)[C@@H]13)c1ccccc1. The lowest BCUT2D eigenvalue weighted by Crippen LogP contribution is -2.57. The summed E-state index contributed by atoms with van der Waals surface area (Å²) in [6.07, 6.45) is 2.79. The van der Waals surface area contributed by atoms with Crippen molar-refractivity contribution in [2.75, 3.05) is 49.1 Å². The fourth-order valence-corrected chi connectivity index (χ4v) is 8.64. The fraction of sp³-hybridized carbons (Fsp3) is 0.474. The lowest BCUT2D eigenvalue weighted by Gasteiger charge is -2.37. The smallest absolute Gasteiger partial charge is 0.313 e. The Balaban J connectivity index is 1.45. The number of carbonyl (C=O) groups is 4. The number of benzene rings is 2. The summed E-state index contributed by atoms with van der Waals surface area (Å²) in [6, 6.07) is 15.6. The van der Waals surface area contributed by atoms with Gasteiger partial charge in [-0.25, -0.2) is 0 Å². The van der Waals surface area contributed by atoms with E-state index < -0.39 is 47.6 Å². The van der Waals surface area contributed by atoms with E-state index in [0.717, 1.165) is 18.8 Å². The molecule has 0 aliphatic carbocycles. The first-order valence-electron chi connectivity index (χ1n) is 17.3. The van der Waals surface area contributed by atoms with Crippen molar-refractivity contribution in [2.24, 2.45) is 11.8 Å². The van der Waals surface area contributed by atoms with Crippen LogP contribution in [-0.2, 0) is 28.7 Å². The standard InChI is InChI=1S/C38H47BrN4O7/c1-5-9-15-30(45)40-24-29(25-13-11-10-12-14-25)49-37(48)31-32-35(46)43(21-22-44)34(38(32)23-28(39)33(31)50-38)36(47)42(20-6-2)27-18-16-26(17-19-27)41(7-3)8-4/h5-6,10-14,16-19,28-29,31-34,44H,1-2,7-9,15,20-24H2,3-4H3,(H,40,45)/t28?,29-,31+,32-,33+,34+,38-/m1/s1. The van der Waals surface area contributed by atoms with Crippen LogP contribution in [0.4, 0.5) is 11.4 Å². The number of aliphatic hydroxyl groups is 1. The van der Waals surface area contributed by atoms with Crippen molar-refractivity contribution in [2.45, 2.75) is 61.8 Å². The van der Waals surface area contributed by atoms with E-state index in [4.69, 9.17) is 9.47 Å². The highest BCUT2D eigenvalue weighted by Crippen LogP contribution is 2.60. The fourth-order valence-electron chi connectivity index (χ4n) is 7.70.